The van der Waals surface area contributed by atoms with Crippen molar-refractivity contribution >= 4 is 135 Å². The number of fused-ring (bicyclic) bond motifs is 12. The van der Waals surface area contributed by atoms with Crippen molar-refractivity contribution in [1.29, 1.82) is 0 Å². The van der Waals surface area contributed by atoms with Gasteiger partial charge in [-0.1, -0.05) is 103 Å². The van der Waals surface area contributed by atoms with Crippen molar-refractivity contribution in [2.24, 2.45) is 7.05 Å². The van der Waals surface area contributed by atoms with E-state index >= 15 is 0 Å². The van der Waals surface area contributed by atoms with Crippen molar-refractivity contribution in [3.8, 4) is 33.8 Å². The molecule has 88 heavy (non-hydrogen) atoms. The number of benzene rings is 9. The summed E-state index contributed by atoms with van der Waals surface area (Å²) in [5.41, 5.74) is 19.2. The number of carbonyl (C=O) groups is 2. The number of morpholine rings is 2. The van der Waals surface area contributed by atoms with Crippen LogP contribution < -0.4 is 19.3 Å². The Bertz CT molecular complexity index is 4930. The maximum Gasteiger partial charge on any atom is 0.246 e. The Balaban J connectivity index is 0.000000113. The first-order valence-corrected chi connectivity index (χ1v) is 30.3. The van der Waals surface area contributed by atoms with Crippen LogP contribution in [-0.2, 0) is 26.1 Å². The van der Waals surface area contributed by atoms with Crippen LogP contribution in [-0.4, -0.2) is 105 Å². The lowest BCUT2D eigenvalue weighted by Crippen LogP contribution is -2.39. The zero-order valence-corrected chi connectivity index (χ0v) is 50.1. The van der Waals surface area contributed by atoms with E-state index in [0.717, 1.165) is 60.6 Å². The summed E-state index contributed by atoms with van der Waals surface area (Å²) in [5.74, 6) is 0.0701. The summed E-state index contributed by atoms with van der Waals surface area (Å²) in [6, 6.07) is 63.4. The number of rotatable bonds is 4. The third-order valence-corrected chi connectivity index (χ3v) is 18.2. The Morgan fingerprint density at radius 2 is 0.852 bits per heavy atom. The normalized spacial score (nSPS) is 14.8. The number of amides is 2. The minimum atomic E-state index is 0.0293. The number of halogens is 1. The van der Waals surface area contributed by atoms with E-state index in [0.29, 0.717) is 52.6 Å². The van der Waals surface area contributed by atoms with E-state index < -0.39 is 0 Å². The molecule has 5 aliphatic heterocycles. The number of aromatic nitrogens is 3. The van der Waals surface area contributed by atoms with Crippen molar-refractivity contribution in [3.05, 3.63) is 210 Å². The molecule has 9 aromatic carbocycles. The van der Waals surface area contributed by atoms with E-state index in [2.05, 4.69) is 205 Å². The molecule has 13 heteroatoms. The maximum absolute atomic E-state index is 12.6. The van der Waals surface area contributed by atoms with Gasteiger partial charge < -0.3 is 34.0 Å². The Hall–Kier alpha value is -9.98. The molecule has 0 spiro atoms. The van der Waals surface area contributed by atoms with Crippen LogP contribution in [0.3, 0.4) is 0 Å². The first kappa shape index (κ1) is 54.7. The largest absolute Gasteiger partial charge is 0.378 e. The van der Waals surface area contributed by atoms with Gasteiger partial charge in [0.05, 0.1) is 99.3 Å². The van der Waals surface area contributed by atoms with E-state index in [1.54, 1.807) is 12.2 Å². The van der Waals surface area contributed by atoms with Crippen molar-refractivity contribution in [1.82, 2.24) is 19.8 Å². The molecule has 432 valence electrons. The molecule has 8 heterocycles. The second kappa shape index (κ2) is 22.4. The predicted octanol–water partition coefficient (Wildman–Crippen LogP) is 15.2. The molecule has 0 radical (unpaired) electrons. The fourth-order valence-electron chi connectivity index (χ4n) is 13.6. The molecule has 12 aromatic rings. The molecule has 0 N–H and O–H groups in total. The van der Waals surface area contributed by atoms with E-state index in [1.807, 2.05) is 46.2 Å². The average Bonchev–Trinajstić information content (AvgIpc) is 0.762. The van der Waals surface area contributed by atoms with Gasteiger partial charge in [0.2, 0.25) is 23.0 Å². The smallest absolute Gasteiger partial charge is 0.246 e. The third-order valence-electron chi connectivity index (χ3n) is 18.0. The number of carbonyl (C=O) groups excluding carboxylic acids is 2. The molecular formula is C75H62ClN8O4+. The minimum absolute atomic E-state index is 0.0293. The predicted molar refractivity (Wildman–Crippen MR) is 360 cm³/mol. The highest BCUT2D eigenvalue weighted by atomic mass is 35.5. The number of nitrogens with zero attached hydrogens (tertiary/aromatic N) is 8. The maximum atomic E-state index is 12.6. The number of hydrogen-bond acceptors (Lipinski definition) is 9. The topological polar surface area (TPSA) is 98.5 Å². The second-order valence-electron chi connectivity index (χ2n) is 22.9. The quantitative estimate of drug-likeness (QED) is 0.0969. The first-order chi connectivity index (χ1) is 43.1. The van der Waals surface area contributed by atoms with Crippen molar-refractivity contribution in [2.45, 2.75) is 0 Å². The summed E-state index contributed by atoms with van der Waals surface area (Å²) in [6.07, 6.45) is 7.17. The molecular weight excluding hydrogens is 1110 g/mol. The fourth-order valence-corrected chi connectivity index (χ4v) is 13.8. The molecule has 2 fully saturated rings. The summed E-state index contributed by atoms with van der Waals surface area (Å²) in [4.78, 5) is 45.5. The lowest BCUT2D eigenvalue weighted by molar-refractivity contribution is -0.632. The SMILES string of the molecule is CN1c2ccccc2-c2c3c1cccc3c1cc(/C=C/C(=O)N3CCOCC3)ccc1[n+]2C.CN1c2ccccc2-c2nc3ccc(/C=C/C(=O)N4CCOCC4)cc3c3cccc1c23.CN1c2ccccc2-c2nc3ccc(Cl)cc3c3cccc1c23. The molecule has 5 aliphatic rings. The first-order valence-electron chi connectivity index (χ1n) is 29.9. The van der Waals surface area contributed by atoms with Gasteiger partial charge in [-0.05, 0) is 119 Å². The standard InChI is InChI=1S/C28H26N3O2.C27H23N3O2.C20H13ClN2/c1-29-23-8-4-3-6-21(23)28-27-20(7-5-9-25(27)29)22-18-19(10-12-24(22)30(28)2)11-13-26(32)31-14-16-33-17-15-31;1-29-23-7-3-2-5-20(23)27-26-19(6-4-8-24(26)29)21-17-18(9-11-22(21)28-27)10-12-25(31)30-13-15-32-16-14-30;1-23-17-7-3-2-5-14(17)20-19-13(6-4-8-18(19)23)15-11-12(21)9-10-16(15)22-20/h3-13,18H,14-17H2,1-2H3;2-12,17H,13-16H2,1H3;2-11H,1H3/q+1;;/b13-11+;12-10+;. The Labute approximate surface area is 515 Å². The highest BCUT2D eigenvalue weighted by Gasteiger charge is 2.32. The molecule has 2 amide bonds. The van der Waals surface area contributed by atoms with Crippen molar-refractivity contribution in [2.75, 3.05) is 88.4 Å². The summed E-state index contributed by atoms with van der Waals surface area (Å²) in [5, 5.41) is 11.4. The van der Waals surface area contributed by atoms with Gasteiger partial charge in [-0.3, -0.25) is 9.59 Å². The Morgan fingerprint density at radius 3 is 1.38 bits per heavy atom. The molecule has 0 atom stereocenters. The molecule has 17 rings (SSSR count). The monoisotopic (exact) mass is 1170 g/mol. The number of para-hydroxylation sites is 3. The van der Waals surface area contributed by atoms with Gasteiger partial charge in [0.15, 0.2) is 0 Å². The van der Waals surface area contributed by atoms with Crippen LogP contribution >= 0.6 is 11.6 Å². The summed E-state index contributed by atoms with van der Waals surface area (Å²) in [6.45, 7) is 5.04. The van der Waals surface area contributed by atoms with Crippen molar-refractivity contribution < 1.29 is 23.6 Å². The van der Waals surface area contributed by atoms with Crippen LogP contribution in [0.25, 0.3) is 111 Å². The molecule has 0 unspecified atom stereocenters. The highest BCUT2D eigenvalue weighted by Crippen LogP contribution is 2.50. The molecule has 0 saturated carbocycles. The molecule has 3 aromatic heterocycles. The average molecular weight is 1170 g/mol. The molecule has 12 nitrogen and oxygen atoms in total. The zero-order valence-electron chi connectivity index (χ0n) is 49.4. The zero-order chi connectivity index (χ0) is 59.7. The lowest BCUT2D eigenvalue weighted by Gasteiger charge is -2.30. The number of aryl methyl sites for hydroxylation is 1. The van der Waals surface area contributed by atoms with Gasteiger partial charge in [0.25, 0.3) is 0 Å². The minimum Gasteiger partial charge on any atom is -0.378 e. The molecule has 0 aliphatic carbocycles. The van der Waals surface area contributed by atoms with Crippen LogP contribution in [0.15, 0.2) is 194 Å². The van der Waals surface area contributed by atoms with Gasteiger partial charge in [-0.15, -0.1) is 0 Å². The summed E-state index contributed by atoms with van der Waals surface area (Å²) in [7, 11) is 8.50. The van der Waals surface area contributed by atoms with E-state index in [4.69, 9.17) is 31.0 Å². The number of anilines is 6. The highest BCUT2D eigenvalue weighted by molar-refractivity contribution is 6.32. The molecule has 0 bridgehead atoms. The lowest BCUT2D eigenvalue weighted by atomic mass is 9.92. The number of pyridine rings is 3. The summed E-state index contributed by atoms with van der Waals surface area (Å²) >= 11 is 6.22. The van der Waals surface area contributed by atoms with Gasteiger partial charge in [0, 0.05) is 109 Å². The van der Waals surface area contributed by atoms with Gasteiger partial charge in [0.1, 0.15) is 7.05 Å². The van der Waals surface area contributed by atoms with Crippen molar-refractivity contribution in [3.63, 3.8) is 0 Å². The van der Waals surface area contributed by atoms with Crippen LogP contribution in [0.2, 0.25) is 5.02 Å². The van der Waals surface area contributed by atoms with Crippen LogP contribution in [0.5, 0.6) is 0 Å². The van der Waals surface area contributed by atoms with Crippen LogP contribution in [0.1, 0.15) is 11.1 Å². The fraction of sp³-hybridized carbons (Fsp3) is 0.160. The number of hydrogen-bond donors (Lipinski definition) is 0. The Morgan fingerprint density at radius 1 is 0.443 bits per heavy atom. The van der Waals surface area contributed by atoms with Gasteiger partial charge in [-0.25, -0.2) is 9.97 Å². The number of ether oxygens (including phenoxy) is 2. The summed E-state index contributed by atoms with van der Waals surface area (Å²) < 4.78 is 13.0. The van der Waals surface area contributed by atoms with E-state index in [1.165, 1.54) is 88.5 Å². The van der Waals surface area contributed by atoms with Crippen LogP contribution in [0.4, 0.5) is 34.1 Å². The van der Waals surface area contributed by atoms with Gasteiger partial charge >= 0.3 is 0 Å². The van der Waals surface area contributed by atoms with Gasteiger partial charge in [-0.2, -0.15) is 4.57 Å². The second-order valence-corrected chi connectivity index (χ2v) is 23.3. The molecule has 2 saturated heterocycles. The van der Waals surface area contributed by atoms with Crippen LogP contribution in [0, 0.1) is 0 Å². The van der Waals surface area contributed by atoms with E-state index in [9.17, 15) is 9.59 Å². The third kappa shape index (κ3) is 9.34. The van der Waals surface area contributed by atoms with E-state index in [-0.39, 0.29) is 11.8 Å². The Kier molecular flexibility index (Phi) is 13.9.